The van der Waals surface area contributed by atoms with Crippen LogP contribution in [-0.4, -0.2) is 51.6 Å². The Labute approximate surface area is 338 Å². The van der Waals surface area contributed by atoms with Gasteiger partial charge in [0.1, 0.15) is 11.5 Å². The molecule has 4 aromatic rings. The molecule has 2 bridgehead atoms. The van der Waals surface area contributed by atoms with E-state index in [4.69, 9.17) is 4.74 Å². The van der Waals surface area contributed by atoms with Crippen molar-refractivity contribution in [3.8, 4) is 11.5 Å². The molecule has 4 aliphatic carbocycles. The number of carbonyl (C=O) groups excluding carboxylic acids is 2. The molecule has 10 heteroatoms. The van der Waals surface area contributed by atoms with Gasteiger partial charge in [-0.05, 0) is 128 Å². The van der Waals surface area contributed by atoms with E-state index < -0.39 is 29.6 Å². The number of Topliss-reactive ketones (excluding diaryl/α,β-unsaturated/α-hetero) is 1. The van der Waals surface area contributed by atoms with Crippen LogP contribution in [0.5, 0.6) is 11.5 Å². The number of fused-ring (bicyclic) bond motifs is 9. The van der Waals surface area contributed by atoms with E-state index in [2.05, 4.69) is 24.7 Å². The molecule has 2 N–H and O–H groups in total. The maximum atomic E-state index is 14.5. The Morgan fingerprint density at radius 3 is 2.33 bits per heavy atom. The molecule has 4 aliphatic rings. The minimum Gasteiger partial charge on any atom is -0.410 e. The van der Waals surface area contributed by atoms with Gasteiger partial charge in [0.2, 0.25) is 0 Å². The Bertz CT molecular complexity index is 2130. The van der Waals surface area contributed by atoms with E-state index in [1.165, 1.54) is 29.2 Å². The summed E-state index contributed by atoms with van der Waals surface area (Å²) in [6.45, 7) is 3.96. The van der Waals surface area contributed by atoms with Crippen LogP contribution in [-0.2, 0) is 13.0 Å². The maximum Gasteiger partial charge on any atom is 0.573 e. The first-order chi connectivity index (χ1) is 27.7. The predicted octanol–water partition coefficient (Wildman–Crippen LogP) is 11.2. The number of hydrogen-bond donors (Lipinski definition) is 2. The molecule has 7 nitrogen and oxygen atoms in total. The highest BCUT2D eigenvalue weighted by atomic mass is 19.4. The number of halogens is 3. The first-order valence-electron chi connectivity index (χ1n) is 20.7. The summed E-state index contributed by atoms with van der Waals surface area (Å²) in [6.07, 6.45) is 4.79. The summed E-state index contributed by atoms with van der Waals surface area (Å²) in [4.78, 5) is 30.2. The van der Waals surface area contributed by atoms with Gasteiger partial charge in [-0.2, -0.15) is 0 Å². The normalized spacial score (nSPS) is 24.4. The van der Waals surface area contributed by atoms with Crippen molar-refractivity contribution in [1.29, 1.82) is 0 Å². The molecule has 1 amide bonds. The van der Waals surface area contributed by atoms with Gasteiger partial charge in [0.05, 0.1) is 18.2 Å². The Morgan fingerprint density at radius 1 is 0.862 bits per heavy atom. The number of aliphatic hydroxyl groups is 2. The van der Waals surface area contributed by atoms with E-state index in [1.807, 2.05) is 48.5 Å². The second kappa shape index (κ2) is 17.3. The Kier molecular flexibility index (Phi) is 12.4. The van der Waals surface area contributed by atoms with Gasteiger partial charge in [0.25, 0.3) is 0 Å². The Morgan fingerprint density at radius 2 is 1.59 bits per heavy atom. The first-order valence-corrected chi connectivity index (χ1v) is 20.7. The van der Waals surface area contributed by atoms with Crippen LogP contribution in [0.1, 0.15) is 117 Å². The fourth-order valence-corrected chi connectivity index (χ4v) is 9.71. The monoisotopic (exact) mass is 797 g/mol. The molecular weight excluding hydrogens is 744 g/mol. The molecule has 4 unspecified atom stereocenters. The smallest absolute Gasteiger partial charge is 0.410 e. The summed E-state index contributed by atoms with van der Waals surface area (Å²) >= 11 is 0. The Hall–Kier alpha value is -4.67. The summed E-state index contributed by atoms with van der Waals surface area (Å²) in [7, 11) is 0. The van der Waals surface area contributed by atoms with Gasteiger partial charge in [-0.15, -0.1) is 13.2 Å². The summed E-state index contributed by atoms with van der Waals surface area (Å²) in [5.74, 6) is -0.233. The van der Waals surface area contributed by atoms with Crippen molar-refractivity contribution in [2.45, 2.75) is 121 Å². The predicted molar refractivity (Wildman–Crippen MR) is 218 cm³/mol. The first kappa shape index (κ1) is 41.5. The van der Waals surface area contributed by atoms with E-state index in [0.717, 1.165) is 66.0 Å². The van der Waals surface area contributed by atoms with Gasteiger partial charge in [-0.25, -0.2) is 4.79 Å². The van der Waals surface area contributed by atoms with Gasteiger partial charge >= 0.3 is 12.5 Å². The molecule has 0 aromatic heterocycles. The Balaban J connectivity index is 1.26. The molecule has 4 atom stereocenters. The number of nitrogens with zero attached hydrogens (tertiary/aromatic N) is 1. The zero-order chi connectivity index (χ0) is 41.1. The van der Waals surface area contributed by atoms with Crippen molar-refractivity contribution in [2.75, 3.05) is 6.54 Å². The van der Waals surface area contributed by atoms with Crippen molar-refractivity contribution >= 4 is 22.6 Å². The van der Waals surface area contributed by atoms with E-state index in [0.29, 0.717) is 55.4 Å². The fourth-order valence-electron chi connectivity index (χ4n) is 9.71. The largest absolute Gasteiger partial charge is 0.573 e. The molecule has 2 fully saturated rings. The number of ketones is 1. The summed E-state index contributed by atoms with van der Waals surface area (Å²) in [5, 5.41) is 26.0. The fraction of sp³-hybridized carbons (Fsp3) is 0.458. The SMILES string of the molecule is CC1=CCCC2(C)C(CCC2(O)CN(Cc2ccc(OC(F)(F)F)cc2)C(=O)Oc2ccc3ccccc3c2)c2ccc(cc2C(=O)C2CCCCC2)CC(O)CC1. The third kappa shape index (κ3) is 9.45. The minimum absolute atomic E-state index is 0.0524. The van der Waals surface area contributed by atoms with Crippen molar-refractivity contribution in [1.82, 2.24) is 4.90 Å². The molecule has 2 saturated carbocycles. The second-order valence-electron chi connectivity index (χ2n) is 17.1. The molecule has 0 spiro atoms. The number of alkyl halides is 3. The lowest BCUT2D eigenvalue weighted by Gasteiger charge is -2.46. The summed E-state index contributed by atoms with van der Waals surface area (Å²) in [6, 6.07) is 24.4. The molecule has 0 radical (unpaired) electrons. The van der Waals surface area contributed by atoms with Crippen LogP contribution in [0.4, 0.5) is 18.0 Å². The molecule has 0 saturated heterocycles. The zero-order valence-corrected chi connectivity index (χ0v) is 33.4. The van der Waals surface area contributed by atoms with E-state index in [9.17, 15) is 33.0 Å². The standard InChI is InChI=1S/C48H54F3NO6/c1-32-9-8-25-46(2)43(41-23-17-34(27-38(53)19-14-32)28-42(41)44(54)36-11-4-3-5-12-36)24-26-47(46,56)31-52(30-33-15-20-39(21-16-33)58-48(49,50)51)45(55)57-40-22-18-35-10-6-7-13-37(35)29-40/h6-7,9-10,13,15-18,20-23,28-29,36,38,43,53,56H,3-5,8,11-12,14,19,24-27,30-31H2,1-2H3. The highest BCUT2D eigenvalue weighted by Gasteiger charge is 2.58. The number of allylic oxidation sites excluding steroid dienone is 2. The number of hydrogen-bond acceptors (Lipinski definition) is 6. The second-order valence-corrected chi connectivity index (χ2v) is 17.1. The van der Waals surface area contributed by atoms with Crippen LogP contribution in [0.25, 0.3) is 10.8 Å². The van der Waals surface area contributed by atoms with Crippen LogP contribution in [0, 0.1) is 11.3 Å². The van der Waals surface area contributed by atoms with Crippen molar-refractivity contribution in [3.05, 3.63) is 119 Å². The maximum absolute atomic E-state index is 14.5. The number of ether oxygens (including phenoxy) is 2. The number of benzene rings is 4. The van der Waals surface area contributed by atoms with Crippen LogP contribution >= 0.6 is 0 Å². The number of amides is 1. The summed E-state index contributed by atoms with van der Waals surface area (Å²) < 4.78 is 49.0. The molecule has 8 rings (SSSR count). The van der Waals surface area contributed by atoms with E-state index >= 15 is 0 Å². The number of rotatable bonds is 8. The molecule has 0 heterocycles. The highest BCUT2D eigenvalue weighted by molar-refractivity contribution is 5.99. The zero-order valence-electron chi connectivity index (χ0n) is 33.4. The van der Waals surface area contributed by atoms with Crippen molar-refractivity contribution in [3.63, 3.8) is 0 Å². The average molecular weight is 798 g/mol. The minimum atomic E-state index is -4.85. The summed E-state index contributed by atoms with van der Waals surface area (Å²) in [5.41, 5.74) is 1.90. The van der Waals surface area contributed by atoms with Crippen LogP contribution in [0.2, 0.25) is 0 Å². The average Bonchev–Trinajstić information content (AvgIpc) is 3.45. The van der Waals surface area contributed by atoms with Gasteiger partial charge in [-0.3, -0.25) is 4.79 Å². The number of carbonyl (C=O) groups is 2. The third-order valence-electron chi connectivity index (χ3n) is 13.1. The molecule has 0 aliphatic heterocycles. The van der Waals surface area contributed by atoms with E-state index in [-0.39, 0.29) is 36.5 Å². The quantitative estimate of drug-likeness (QED) is 0.136. The van der Waals surface area contributed by atoms with Gasteiger partial charge in [0, 0.05) is 23.4 Å². The van der Waals surface area contributed by atoms with E-state index in [1.54, 1.807) is 12.1 Å². The molecular formula is C48H54F3NO6. The lowest BCUT2D eigenvalue weighted by molar-refractivity contribution is -0.274. The molecule has 58 heavy (non-hydrogen) atoms. The van der Waals surface area contributed by atoms with Gasteiger partial charge in [0.15, 0.2) is 5.78 Å². The van der Waals surface area contributed by atoms with Gasteiger partial charge in [-0.1, -0.05) is 92.4 Å². The van der Waals surface area contributed by atoms with Gasteiger partial charge < -0.3 is 24.6 Å². The van der Waals surface area contributed by atoms with Crippen molar-refractivity contribution < 1.29 is 42.4 Å². The topological polar surface area (TPSA) is 96.3 Å². The lowest BCUT2D eigenvalue weighted by atomic mass is 9.64. The molecule has 4 aromatic carbocycles. The molecule has 308 valence electrons. The third-order valence-corrected chi connectivity index (χ3v) is 13.1. The lowest BCUT2D eigenvalue weighted by Crippen LogP contribution is -2.54. The highest BCUT2D eigenvalue weighted by Crippen LogP contribution is 2.59. The van der Waals surface area contributed by atoms with Crippen LogP contribution in [0.15, 0.2) is 96.6 Å². The van der Waals surface area contributed by atoms with Crippen LogP contribution < -0.4 is 9.47 Å². The van der Waals surface area contributed by atoms with Crippen LogP contribution in [0.3, 0.4) is 0 Å². The number of aliphatic hydroxyl groups excluding tert-OH is 1. The van der Waals surface area contributed by atoms with Crippen molar-refractivity contribution in [2.24, 2.45) is 11.3 Å².